The van der Waals surface area contributed by atoms with Crippen molar-refractivity contribution < 1.29 is 9.53 Å². The van der Waals surface area contributed by atoms with E-state index in [1.54, 1.807) is 11.3 Å². The van der Waals surface area contributed by atoms with E-state index in [9.17, 15) is 4.79 Å². The lowest BCUT2D eigenvalue weighted by Gasteiger charge is -2.47. The molecule has 3 saturated heterocycles. The Morgan fingerprint density at radius 3 is 2.86 bits per heavy atom. The fraction of sp³-hybridized carbons (Fsp3) is 0.706. The predicted molar refractivity (Wildman–Crippen MR) is 87.1 cm³/mol. The van der Waals surface area contributed by atoms with Crippen LogP contribution in [0.5, 0.6) is 0 Å². The lowest BCUT2D eigenvalue weighted by molar-refractivity contribution is -0.157. The monoisotopic (exact) mass is 320 g/mol. The second-order valence-corrected chi connectivity index (χ2v) is 7.79. The van der Waals surface area contributed by atoms with Crippen LogP contribution in [-0.4, -0.2) is 60.1 Å². The molecular weight excluding hydrogens is 296 g/mol. The minimum Gasteiger partial charge on any atom is -0.370 e. The highest BCUT2D eigenvalue weighted by Gasteiger charge is 2.52. The van der Waals surface area contributed by atoms with Crippen LogP contribution in [0.4, 0.5) is 0 Å². The summed E-state index contributed by atoms with van der Waals surface area (Å²) in [5.41, 5.74) is 1.10. The minimum atomic E-state index is -0.0353. The summed E-state index contributed by atoms with van der Waals surface area (Å²) < 4.78 is 6.12. The first-order valence-electron chi connectivity index (χ1n) is 8.41. The minimum absolute atomic E-state index is 0.0353. The van der Waals surface area contributed by atoms with Gasteiger partial charge in [-0.15, -0.1) is 0 Å². The van der Waals surface area contributed by atoms with Gasteiger partial charge in [0.25, 0.3) is 0 Å². The third kappa shape index (κ3) is 2.82. The molecule has 0 saturated carbocycles. The molecule has 22 heavy (non-hydrogen) atoms. The van der Waals surface area contributed by atoms with Crippen LogP contribution >= 0.6 is 11.3 Å². The molecule has 0 radical (unpaired) electrons. The van der Waals surface area contributed by atoms with Crippen LogP contribution in [0, 0.1) is 0 Å². The van der Waals surface area contributed by atoms with Gasteiger partial charge in [-0.05, 0) is 54.7 Å². The molecule has 4 nitrogen and oxygen atoms in total. The summed E-state index contributed by atoms with van der Waals surface area (Å²) in [6.07, 6.45) is 5.67. The Kier molecular flexibility index (Phi) is 3.96. The van der Waals surface area contributed by atoms with Crippen molar-refractivity contribution in [3.63, 3.8) is 0 Å². The van der Waals surface area contributed by atoms with E-state index < -0.39 is 0 Å². The summed E-state index contributed by atoms with van der Waals surface area (Å²) in [5, 5.41) is 4.09. The van der Waals surface area contributed by atoms with Crippen molar-refractivity contribution in [3.05, 3.63) is 22.4 Å². The van der Waals surface area contributed by atoms with E-state index >= 15 is 0 Å². The number of nitrogens with zero attached hydrogens (tertiary/aromatic N) is 2. The van der Waals surface area contributed by atoms with Gasteiger partial charge in [0.2, 0.25) is 5.91 Å². The number of hydrogen-bond donors (Lipinski definition) is 0. The van der Waals surface area contributed by atoms with Crippen molar-refractivity contribution in [1.82, 2.24) is 9.80 Å². The molecule has 4 heterocycles. The Morgan fingerprint density at radius 2 is 2.14 bits per heavy atom. The number of rotatable bonds is 3. The summed E-state index contributed by atoms with van der Waals surface area (Å²) in [4.78, 5) is 16.9. The van der Waals surface area contributed by atoms with Gasteiger partial charge < -0.3 is 9.64 Å². The number of carbonyl (C=O) groups excluding carboxylic acids is 1. The predicted octanol–water partition coefficient (Wildman–Crippen LogP) is 2.15. The van der Waals surface area contributed by atoms with Gasteiger partial charge in [0.05, 0.1) is 26.1 Å². The zero-order valence-electron chi connectivity index (χ0n) is 13.0. The normalized spacial score (nSPS) is 28.0. The van der Waals surface area contributed by atoms with Crippen molar-refractivity contribution in [2.45, 2.75) is 43.7 Å². The van der Waals surface area contributed by atoms with Crippen molar-refractivity contribution in [2.75, 3.05) is 32.8 Å². The average Bonchev–Trinajstić information content (AvgIpc) is 3.15. The van der Waals surface area contributed by atoms with Crippen LogP contribution in [0.1, 0.15) is 31.2 Å². The van der Waals surface area contributed by atoms with Crippen LogP contribution in [0.15, 0.2) is 16.8 Å². The fourth-order valence-electron chi connectivity index (χ4n) is 4.06. The molecular formula is C17H24N2O2S. The fourth-order valence-corrected chi connectivity index (χ4v) is 4.73. The van der Waals surface area contributed by atoms with Crippen LogP contribution < -0.4 is 0 Å². The first kappa shape index (κ1) is 14.7. The summed E-state index contributed by atoms with van der Waals surface area (Å²) >= 11 is 1.65. The molecule has 0 aromatic carbocycles. The van der Waals surface area contributed by atoms with Crippen molar-refractivity contribution in [3.8, 4) is 0 Å². The van der Waals surface area contributed by atoms with Gasteiger partial charge in [-0.3, -0.25) is 9.69 Å². The zero-order chi connectivity index (χ0) is 15.0. The second-order valence-electron chi connectivity index (χ2n) is 7.01. The van der Waals surface area contributed by atoms with Gasteiger partial charge in [0.1, 0.15) is 5.60 Å². The van der Waals surface area contributed by atoms with Crippen LogP contribution in [-0.2, 0) is 16.0 Å². The number of hydrogen-bond acceptors (Lipinski definition) is 4. The van der Waals surface area contributed by atoms with Gasteiger partial charge in [0.15, 0.2) is 0 Å². The Labute approximate surface area is 136 Å². The molecule has 0 aliphatic carbocycles. The summed E-state index contributed by atoms with van der Waals surface area (Å²) in [6, 6.07) is 2.62. The Balaban J connectivity index is 1.28. The van der Waals surface area contributed by atoms with E-state index in [1.807, 2.05) is 16.3 Å². The molecule has 5 heteroatoms. The molecule has 3 fully saturated rings. The molecule has 1 aromatic heterocycles. The van der Waals surface area contributed by atoms with Crippen LogP contribution in [0.2, 0.25) is 0 Å². The lowest BCUT2D eigenvalue weighted by atomic mass is 9.88. The quantitative estimate of drug-likeness (QED) is 0.855. The second kappa shape index (κ2) is 5.95. The van der Waals surface area contributed by atoms with Gasteiger partial charge in [-0.25, -0.2) is 0 Å². The van der Waals surface area contributed by atoms with Gasteiger partial charge in [0, 0.05) is 6.04 Å². The molecule has 120 valence electrons. The zero-order valence-corrected chi connectivity index (χ0v) is 13.8. The summed E-state index contributed by atoms with van der Waals surface area (Å²) in [6.45, 7) is 4.89. The number of ether oxygens (including phenoxy) is 1. The number of carbonyl (C=O) groups is 1. The highest BCUT2D eigenvalue weighted by Crippen LogP contribution is 2.37. The van der Waals surface area contributed by atoms with Crippen molar-refractivity contribution in [1.29, 1.82) is 0 Å². The molecule has 1 atom stereocenters. The van der Waals surface area contributed by atoms with Gasteiger partial charge in [-0.2, -0.15) is 11.3 Å². The third-order valence-corrected chi connectivity index (χ3v) is 6.07. The molecule has 3 aliphatic rings. The van der Waals surface area contributed by atoms with Crippen molar-refractivity contribution >= 4 is 17.2 Å². The molecule has 1 aromatic rings. The molecule has 1 amide bonds. The molecule has 0 N–H and O–H groups in total. The largest absolute Gasteiger partial charge is 0.370 e. The lowest BCUT2D eigenvalue weighted by Crippen LogP contribution is -2.63. The van der Waals surface area contributed by atoms with Crippen molar-refractivity contribution in [2.24, 2.45) is 0 Å². The molecule has 3 aliphatic heterocycles. The topological polar surface area (TPSA) is 32.8 Å². The first-order chi connectivity index (χ1) is 10.7. The van der Waals surface area contributed by atoms with E-state index in [0.717, 1.165) is 31.7 Å². The van der Waals surface area contributed by atoms with E-state index in [2.05, 4.69) is 10.3 Å². The molecule has 1 spiro atoms. The van der Waals surface area contributed by atoms with E-state index in [1.165, 1.54) is 32.4 Å². The number of likely N-dealkylation sites (tertiary alicyclic amines) is 2. The smallest absolute Gasteiger partial charge is 0.227 e. The van der Waals surface area contributed by atoms with E-state index in [4.69, 9.17) is 4.74 Å². The maximum absolute atomic E-state index is 12.3. The van der Waals surface area contributed by atoms with Crippen LogP contribution in [0.3, 0.4) is 0 Å². The third-order valence-electron chi connectivity index (χ3n) is 5.34. The summed E-state index contributed by atoms with van der Waals surface area (Å²) in [5.74, 6) is 0.244. The highest BCUT2D eigenvalue weighted by molar-refractivity contribution is 7.07. The highest BCUT2D eigenvalue weighted by atomic mass is 32.1. The maximum Gasteiger partial charge on any atom is 0.227 e. The number of piperidine rings is 1. The first-order valence-corrected chi connectivity index (χ1v) is 9.35. The van der Waals surface area contributed by atoms with E-state index in [-0.39, 0.29) is 11.5 Å². The Bertz CT molecular complexity index is 519. The maximum atomic E-state index is 12.3. The summed E-state index contributed by atoms with van der Waals surface area (Å²) in [7, 11) is 0. The SMILES string of the molecule is O=C(Cc1ccsc1)N1CC2(C[C@H](N3CCCCC3)CO2)C1. The molecule has 0 bridgehead atoms. The number of thiophene rings is 1. The van der Waals surface area contributed by atoms with E-state index in [0.29, 0.717) is 12.5 Å². The van der Waals surface area contributed by atoms with Gasteiger partial charge in [-0.1, -0.05) is 6.42 Å². The Morgan fingerprint density at radius 1 is 1.32 bits per heavy atom. The van der Waals surface area contributed by atoms with Crippen LogP contribution in [0.25, 0.3) is 0 Å². The van der Waals surface area contributed by atoms with Gasteiger partial charge >= 0.3 is 0 Å². The molecule has 0 unspecified atom stereocenters. The number of amides is 1. The molecule has 4 rings (SSSR count). The Hall–Kier alpha value is -0.910. The standard InChI is InChI=1S/C17H24N2O2S/c20-16(8-14-4-7-22-11-14)19-12-17(13-19)9-15(10-21-17)18-5-2-1-3-6-18/h4,7,11,15H,1-3,5-6,8-10,12-13H2/t15-/m0/s1. The average molecular weight is 320 g/mol.